The highest BCUT2D eigenvalue weighted by Crippen LogP contribution is 2.47. The van der Waals surface area contributed by atoms with Crippen LogP contribution in [0.1, 0.15) is 16.7 Å². The largest absolute Gasteiger partial charge is 0.343 e. The average molecular weight is 396 g/mol. The Kier molecular flexibility index (Phi) is 4.92. The van der Waals surface area contributed by atoms with Crippen molar-refractivity contribution in [2.45, 2.75) is 11.7 Å². The molecule has 1 aliphatic rings. The molecule has 1 aromatic heterocycles. The Labute approximate surface area is 167 Å². The molecule has 0 fully saturated rings. The lowest BCUT2D eigenvalue weighted by Crippen LogP contribution is -2.59. The fraction of sp³-hybridized carbons (Fsp3) is 0.273. The Morgan fingerprint density at radius 1 is 0.862 bits per heavy atom. The van der Waals surface area contributed by atoms with Gasteiger partial charge in [0.15, 0.2) is 0 Å². The molecule has 0 bridgehead atoms. The molecule has 0 aliphatic carbocycles. The van der Waals surface area contributed by atoms with Gasteiger partial charge >= 0.3 is 5.91 Å². The maximum absolute atomic E-state index is 15.2. The molecule has 3 aromatic rings. The Bertz CT molecular complexity index is 1090. The van der Waals surface area contributed by atoms with Crippen molar-refractivity contribution in [2.75, 3.05) is 28.4 Å². The highest BCUT2D eigenvalue weighted by molar-refractivity contribution is 6.15. The first kappa shape index (κ1) is 19.6. The molecule has 4 rings (SSSR count). The van der Waals surface area contributed by atoms with Crippen molar-refractivity contribution in [3.05, 3.63) is 77.2 Å². The molecule has 2 aromatic carbocycles. The summed E-state index contributed by atoms with van der Waals surface area (Å²) in [5, 5.41) is 0.932. The van der Waals surface area contributed by atoms with Gasteiger partial charge in [0.2, 0.25) is 0 Å². The first-order valence-corrected chi connectivity index (χ1v) is 9.00. The van der Waals surface area contributed by atoms with Crippen molar-refractivity contribution in [1.82, 2.24) is 4.98 Å². The third-order valence-corrected chi connectivity index (χ3v) is 5.26. The number of pyridine rings is 1. The first-order valence-electron chi connectivity index (χ1n) is 9.00. The fourth-order valence-electron chi connectivity index (χ4n) is 3.90. The summed E-state index contributed by atoms with van der Waals surface area (Å²) in [6, 6.07) is 14.4. The number of hydrogen-bond donors (Lipinski definition) is 0. The summed E-state index contributed by atoms with van der Waals surface area (Å²) in [5.74, 6) is -4.04. The number of rotatable bonds is 5. The minimum absolute atomic E-state index is 0.145. The van der Waals surface area contributed by atoms with Gasteiger partial charge in [0, 0.05) is 51.1 Å². The van der Waals surface area contributed by atoms with E-state index in [1.54, 1.807) is 18.3 Å². The molecule has 7 heteroatoms. The van der Waals surface area contributed by atoms with E-state index in [2.05, 4.69) is 4.98 Å². The van der Waals surface area contributed by atoms with Crippen LogP contribution >= 0.6 is 0 Å². The van der Waals surface area contributed by atoms with Crippen molar-refractivity contribution in [3.8, 4) is 0 Å². The van der Waals surface area contributed by atoms with E-state index in [0.29, 0.717) is 16.8 Å². The molecule has 0 saturated heterocycles. The molecule has 0 N–H and O–H groups in total. The predicted octanol–water partition coefficient (Wildman–Crippen LogP) is 3.62. The van der Waals surface area contributed by atoms with Crippen LogP contribution in [0, 0.1) is 5.82 Å². The zero-order valence-corrected chi connectivity index (χ0v) is 16.6. The second-order valence-electron chi connectivity index (χ2n) is 6.55. The molecule has 1 aliphatic heterocycles. The van der Waals surface area contributed by atoms with Crippen molar-refractivity contribution in [2.24, 2.45) is 4.99 Å². The van der Waals surface area contributed by atoms with E-state index >= 15 is 4.39 Å². The molecule has 0 atom stereocenters. The summed E-state index contributed by atoms with van der Waals surface area (Å²) >= 11 is 0. The van der Waals surface area contributed by atoms with Gasteiger partial charge in [-0.3, -0.25) is 4.98 Å². The molecule has 0 radical (unpaired) electrons. The Balaban J connectivity index is 2.06. The first-order chi connectivity index (χ1) is 14.1. The standard InChI is InChI=1S/C22H21FN2O4/c1-26-21(27-2)19-16(9-7-10-17(19)23)20(25-22(21,28-3)29-4)15-12-14-8-5-6-11-18(14)24-13-15/h5-13H,1-4H3. The Morgan fingerprint density at radius 2 is 1.59 bits per heavy atom. The third-order valence-electron chi connectivity index (χ3n) is 5.26. The number of para-hydroxylation sites is 1. The van der Waals surface area contributed by atoms with Crippen molar-refractivity contribution in [3.63, 3.8) is 0 Å². The molecule has 0 amide bonds. The number of aromatic nitrogens is 1. The summed E-state index contributed by atoms with van der Waals surface area (Å²) in [6.07, 6.45) is 1.69. The van der Waals surface area contributed by atoms with E-state index in [4.69, 9.17) is 23.9 Å². The van der Waals surface area contributed by atoms with Gasteiger partial charge in [-0.1, -0.05) is 30.3 Å². The van der Waals surface area contributed by atoms with Crippen LogP contribution in [0.2, 0.25) is 0 Å². The number of nitrogens with zero attached hydrogens (tertiary/aromatic N) is 2. The lowest BCUT2D eigenvalue weighted by molar-refractivity contribution is -0.395. The summed E-state index contributed by atoms with van der Waals surface area (Å²) in [5.41, 5.74) is 2.66. The Morgan fingerprint density at radius 3 is 2.28 bits per heavy atom. The number of ether oxygens (including phenoxy) is 4. The number of methoxy groups -OCH3 is 4. The van der Waals surface area contributed by atoms with Gasteiger partial charge in [-0.05, 0) is 18.2 Å². The highest BCUT2D eigenvalue weighted by Gasteiger charge is 2.61. The molecule has 150 valence electrons. The SMILES string of the molecule is COC1(OC)N=C(c2cnc3ccccc3c2)c2cccc(F)c2C1(OC)OC. The molecule has 6 nitrogen and oxygen atoms in total. The van der Waals surface area contributed by atoms with E-state index in [1.807, 2.05) is 30.3 Å². The molecule has 0 saturated carbocycles. The minimum Gasteiger partial charge on any atom is -0.343 e. The monoisotopic (exact) mass is 396 g/mol. The fourth-order valence-corrected chi connectivity index (χ4v) is 3.90. The van der Waals surface area contributed by atoms with Crippen LogP contribution in [-0.2, 0) is 24.7 Å². The van der Waals surface area contributed by atoms with Gasteiger partial charge in [0.1, 0.15) is 5.82 Å². The van der Waals surface area contributed by atoms with Gasteiger partial charge in [0.05, 0.1) is 16.8 Å². The van der Waals surface area contributed by atoms with E-state index in [1.165, 1.54) is 34.5 Å². The highest BCUT2D eigenvalue weighted by atomic mass is 19.1. The smallest absolute Gasteiger partial charge is 0.331 e. The van der Waals surface area contributed by atoms with Crippen LogP contribution in [0.4, 0.5) is 4.39 Å². The maximum Gasteiger partial charge on any atom is 0.331 e. The predicted molar refractivity (Wildman–Crippen MR) is 106 cm³/mol. The normalized spacial score (nSPS) is 17.1. The van der Waals surface area contributed by atoms with E-state index in [-0.39, 0.29) is 5.56 Å². The third kappa shape index (κ3) is 2.70. The second kappa shape index (κ2) is 7.27. The Hall–Kier alpha value is -2.71. The lowest BCUT2D eigenvalue weighted by Gasteiger charge is -2.46. The molecule has 0 unspecified atom stereocenters. The van der Waals surface area contributed by atoms with Gasteiger partial charge in [0.25, 0.3) is 5.79 Å². The van der Waals surface area contributed by atoms with Crippen LogP contribution in [-0.4, -0.2) is 45.0 Å². The molecule has 2 heterocycles. The summed E-state index contributed by atoms with van der Waals surface area (Å²) in [6.45, 7) is 0. The quantitative estimate of drug-likeness (QED) is 0.617. The summed E-state index contributed by atoms with van der Waals surface area (Å²) < 4.78 is 37.7. The maximum atomic E-state index is 15.2. The number of halogens is 1. The van der Waals surface area contributed by atoms with Crippen LogP contribution in [0.3, 0.4) is 0 Å². The number of aliphatic imine (C=N–C) groups is 1. The van der Waals surface area contributed by atoms with Crippen LogP contribution < -0.4 is 0 Å². The summed E-state index contributed by atoms with van der Waals surface area (Å²) in [4.78, 5) is 9.23. The molecule has 29 heavy (non-hydrogen) atoms. The van der Waals surface area contributed by atoms with Crippen molar-refractivity contribution < 1.29 is 23.3 Å². The van der Waals surface area contributed by atoms with Gasteiger partial charge in [-0.25, -0.2) is 9.38 Å². The molecular formula is C22H21FN2O4. The van der Waals surface area contributed by atoms with E-state index < -0.39 is 17.5 Å². The minimum atomic E-state index is -1.77. The zero-order chi connectivity index (χ0) is 20.6. The molecule has 0 spiro atoms. The zero-order valence-electron chi connectivity index (χ0n) is 16.6. The second-order valence-corrected chi connectivity index (χ2v) is 6.55. The average Bonchev–Trinajstić information content (AvgIpc) is 2.78. The van der Waals surface area contributed by atoms with Crippen molar-refractivity contribution in [1.29, 1.82) is 0 Å². The van der Waals surface area contributed by atoms with Gasteiger partial charge in [-0.2, -0.15) is 0 Å². The van der Waals surface area contributed by atoms with Crippen LogP contribution in [0.5, 0.6) is 0 Å². The van der Waals surface area contributed by atoms with Gasteiger partial charge < -0.3 is 18.9 Å². The number of fused-ring (bicyclic) bond motifs is 2. The molecular weight excluding hydrogens is 375 g/mol. The van der Waals surface area contributed by atoms with Crippen LogP contribution in [0.15, 0.2) is 59.7 Å². The van der Waals surface area contributed by atoms with Gasteiger partial charge in [-0.15, -0.1) is 0 Å². The van der Waals surface area contributed by atoms with Crippen LogP contribution in [0.25, 0.3) is 10.9 Å². The van der Waals surface area contributed by atoms with E-state index in [0.717, 1.165) is 10.9 Å². The number of hydrogen-bond acceptors (Lipinski definition) is 6. The summed E-state index contributed by atoms with van der Waals surface area (Å²) in [7, 11) is 5.60. The number of benzene rings is 2. The lowest BCUT2D eigenvalue weighted by atomic mass is 9.87. The topological polar surface area (TPSA) is 62.2 Å². The van der Waals surface area contributed by atoms with Crippen molar-refractivity contribution >= 4 is 16.6 Å². The van der Waals surface area contributed by atoms with E-state index in [9.17, 15) is 0 Å².